The molecule has 10 heteroatoms. The van der Waals surface area contributed by atoms with Crippen molar-refractivity contribution in [2.24, 2.45) is 17.8 Å². The summed E-state index contributed by atoms with van der Waals surface area (Å²) in [4.78, 5) is 12.5. The molecule has 1 amide bonds. The highest BCUT2D eigenvalue weighted by atomic mass is 35.5. The summed E-state index contributed by atoms with van der Waals surface area (Å²) in [6, 6.07) is 7.16. The van der Waals surface area contributed by atoms with Gasteiger partial charge in [-0.25, -0.2) is 21.6 Å². The molecule has 2 aliphatic carbocycles. The second-order valence-corrected chi connectivity index (χ2v) is 11.1. The lowest BCUT2D eigenvalue weighted by molar-refractivity contribution is 0.102. The molecular formula is C23H20ClF3N2O3S. The van der Waals surface area contributed by atoms with Crippen LogP contribution in [0.15, 0.2) is 35.2 Å². The number of rotatable bonds is 5. The number of nitrogens with one attached hydrogen (secondary N) is 1. The number of hydrogen-bond donors (Lipinski definition) is 1. The molecule has 0 saturated heterocycles. The molecule has 2 aromatic carbocycles. The van der Waals surface area contributed by atoms with Crippen LogP contribution in [0.1, 0.15) is 42.5 Å². The third-order valence-corrected chi connectivity index (χ3v) is 9.47. The summed E-state index contributed by atoms with van der Waals surface area (Å²) < 4.78 is 67.2. The zero-order valence-corrected chi connectivity index (χ0v) is 18.9. The zero-order valence-electron chi connectivity index (χ0n) is 17.3. The van der Waals surface area contributed by atoms with Crippen molar-refractivity contribution in [3.05, 3.63) is 58.4 Å². The highest BCUT2D eigenvalue weighted by Gasteiger charge is 2.49. The predicted molar refractivity (Wildman–Crippen MR) is 116 cm³/mol. The number of nitriles is 1. The fraction of sp³-hybridized carbons (Fsp3) is 0.391. The van der Waals surface area contributed by atoms with Crippen LogP contribution in [0.4, 0.5) is 18.9 Å². The van der Waals surface area contributed by atoms with E-state index in [0.717, 1.165) is 18.9 Å². The van der Waals surface area contributed by atoms with Crippen LogP contribution in [-0.2, 0) is 9.84 Å². The number of nitrogens with zero attached hydrogens (tertiary/aromatic N) is 1. The number of carbonyl (C=O) groups excluding carboxylic acids is 1. The number of fused-ring (bicyclic) bond motifs is 2. The Morgan fingerprint density at radius 2 is 1.70 bits per heavy atom. The Bertz CT molecular complexity index is 1230. The third-order valence-electron chi connectivity index (χ3n) is 6.59. The Hall–Kier alpha value is -2.57. The quantitative estimate of drug-likeness (QED) is 0.553. The van der Waals surface area contributed by atoms with E-state index in [-0.39, 0.29) is 38.9 Å². The van der Waals surface area contributed by atoms with Gasteiger partial charge in [-0.05, 0) is 61.6 Å². The first-order chi connectivity index (χ1) is 15.6. The first-order valence-corrected chi connectivity index (χ1v) is 12.4. The van der Waals surface area contributed by atoms with Gasteiger partial charge in [0.15, 0.2) is 27.3 Å². The summed E-state index contributed by atoms with van der Waals surface area (Å²) in [6.07, 6.45) is 3.24. The fourth-order valence-corrected chi connectivity index (χ4v) is 8.11. The van der Waals surface area contributed by atoms with E-state index in [4.69, 9.17) is 16.9 Å². The summed E-state index contributed by atoms with van der Waals surface area (Å²) in [5, 5.41) is 10.6. The molecule has 1 N–H and O–H groups in total. The van der Waals surface area contributed by atoms with Crippen LogP contribution < -0.4 is 5.32 Å². The maximum atomic E-state index is 13.6. The van der Waals surface area contributed by atoms with E-state index in [0.29, 0.717) is 31.4 Å². The van der Waals surface area contributed by atoms with Gasteiger partial charge in [0.1, 0.15) is 0 Å². The lowest BCUT2D eigenvalue weighted by Gasteiger charge is -2.34. The summed E-state index contributed by atoms with van der Waals surface area (Å²) >= 11 is 6.22. The van der Waals surface area contributed by atoms with Crippen LogP contribution in [0.25, 0.3) is 0 Å². The molecule has 0 heterocycles. The average Bonchev–Trinajstić information content (AvgIpc) is 3.04. The van der Waals surface area contributed by atoms with Gasteiger partial charge in [-0.15, -0.1) is 0 Å². The van der Waals surface area contributed by atoms with Crippen LogP contribution in [0, 0.1) is 46.5 Å². The molecular weight excluding hydrogens is 477 g/mol. The molecule has 33 heavy (non-hydrogen) atoms. The first-order valence-electron chi connectivity index (χ1n) is 10.5. The van der Waals surface area contributed by atoms with Crippen LogP contribution in [0.3, 0.4) is 0 Å². The number of hydrogen-bond acceptors (Lipinski definition) is 4. The van der Waals surface area contributed by atoms with Gasteiger partial charge in [-0.2, -0.15) is 5.26 Å². The van der Waals surface area contributed by atoms with E-state index in [1.165, 1.54) is 12.1 Å². The minimum atomic E-state index is -3.88. The predicted octanol–water partition coefficient (Wildman–Crippen LogP) is 5.50. The number of amides is 1. The van der Waals surface area contributed by atoms with E-state index in [9.17, 15) is 26.4 Å². The molecule has 5 nitrogen and oxygen atoms in total. The van der Waals surface area contributed by atoms with E-state index in [1.807, 2.05) is 0 Å². The fourth-order valence-electron chi connectivity index (χ4n) is 5.24. The zero-order chi connectivity index (χ0) is 23.9. The standard InChI is InChI=1S/C23H20ClF3N2O3S/c24-17-4-3-15(23(30)29-16-10-18(25)21(27)19(26)11-16)9-20(17)33(31,32)22-13-1-2-14(22)8-12(7-13)5-6-28/h3-4,9-14,22H,1-2,5,7-8H2,(H,29,30)/t12?,13-,14?,22?/m0/s1. The largest absolute Gasteiger partial charge is 0.322 e. The molecule has 3 unspecified atom stereocenters. The maximum absolute atomic E-state index is 13.6. The van der Waals surface area contributed by atoms with Gasteiger partial charge >= 0.3 is 0 Å². The second kappa shape index (κ2) is 8.99. The van der Waals surface area contributed by atoms with Crippen molar-refractivity contribution < 1.29 is 26.4 Å². The molecule has 2 saturated carbocycles. The van der Waals surface area contributed by atoms with Crippen molar-refractivity contribution >= 4 is 33.0 Å². The summed E-state index contributed by atoms with van der Waals surface area (Å²) in [5.74, 6) is -5.39. The van der Waals surface area contributed by atoms with Crippen molar-refractivity contribution in [2.75, 3.05) is 5.32 Å². The van der Waals surface area contributed by atoms with Crippen LogP contribution in [-0.4, -0.2) is 19.6 Å². The Balaban J connectivity index is 1.61. The molecule has 4 atom stereocenters. The topological polar surface area (TPSA) is 87.0 Å². The van der Waals surface area contributed by atoms with E-state index in [2.05, 4.69) is 11.4 Å². The molecule has 0 radical (unpaired) electrons. The Morgan fingerprint density at radius 1 is 1.09 bits per heavy atom. The molecule has 0 spiro atoms. The number of carbonyl (C=O) groups is 1. The first kappa shape index (κ1) is 23.6. The lowest BCUT2D eigenvalue weighted by atomic mass is 9.79. The highest BCUT2D eigenvalue weighted by molar-refractivity contribution is 7.92. The smallest absolute Gasteiger partial charge is 0.255 e. The lowest BCUT2D eigenvalue weighted by Crippen LogP contribution is -2.37. The molecule has 0 aromatic heterocycles. The van der Waals surface area contributed by atoms with Crippen LogP contribution in [0.5, 0.6) is 0 Å². The Labute approximate surface area is 194 Å². The molecule has 2 bridgehead atoms. The van der Waals surface area contributed by atoms with Crippen molar-refractivity contribution in [1.29, 1.82) is 5.26 Å². The van der Waals surface area contributed by atoms with E-state index < -0.39 is 38.4 Å². The van der Waals surface area contributed by atoms with Crippen molar-refractivity contribution in [3.63, 3.8) is 0 Å². The summed E-state index contributed by atoms with van der Waals surface area (Å²) in [6.45, 7) is 0. The normalized spacial score (nSPS) is 24.3. The van der Waals surface area contributed by atoms with Crippen LogP contribution in [0.2, 0.25) is 5.02 Å². The summed E-state index contributed by atoms with van der Waals surface area (Å²) in [5.41, 5.74) is -0.391. The van der Waals surface area contributed by atoms with Crippen molar-refractivity contribution in [3.8, 4) is 6.07 Å². The molecule has 4 rings (SSSR count). The average molecular weight is 497 g/mol. The van der Waals surface area contributed by atoms with Gasteiger partial charge in [-0.1, -0.05) is 11.6 Å². The molecule has 0 aliphatic heterocycles. The third kappa shape index (κ3) is 4.46. The van der Waals surface area contributed by atoms with Gasteiger partial charge in [-0.3, -0.25) is 4.79 Å². The van der Waals surface area contributed by atoms with Gasteiger partial charge < -0.3 is 5.32 Å². The van der Waals surface area contributed by atoms with Gasteiger partial charge in [0.05, 0.1) is 21.2 Å². The van der Waals surface area contributed by atoms with E-state index in [1.54, 1.807) is 0 Å². The molecule has 174 valence electrons. The molecule has 2 fully saturated rings. The minimum absolute atomic E-state index is 0.0241. The Morgan fingerprint density at radius 3 is 2.27 bits per heavy atom. The monoisotopic (exact) mass is 496 g/mol. The maximum Gasteiger partial charge on any atom is 0.255 e. The minimum Gasteiger partial charge on any atom is -0.322 e. The van der Waals surface area contributed by atoms with Crippen LogP contribution >= 0.6 is 11.6 Å². The number of benzene rings is 2. The van der Waals surface area contributed by atoms with E-state index >= 15 is 0 Å². The highest BCUT2D eigenvalue weighted by Crippen LogP contribution is 2.50. The summed E-state index contributed by atoms with van der Waals surface area (Å²) in [7, 11) is -3.88. The second-order valence-electron chi connectivity index (χ2n) is 8.66. The number of halogens is 4. The van der Waals surface area contributed by atoms with Crippen molar-refractivity contribution in [1.82, 2.24) is 0 Å². The SMILES string of the molecule is N#CCC1CC2CC[C@@H](C1)C2S(=O)(=O)c1cc(C(=O)Nc2cc(F)c(F)c(F)c2)ccc1Cl. The molecule has 2 aliphatic rings. The Kier molecular flexibility index (Phi) is 6.43. The number of anilines is 1. The van der Waals surface area contributed by atoms with Crippen molar-refractivity contribution in [2.45, 2.75) is 42.2 Å². The van der Waals surface area contributed by atoms with Gasteiger partial charge in [0.2, 0.25) is 0 Å². The number of sulfone groups is 1. The molecule has 2 aromatic rings. The van der Waals surface area contributed by atoms with Gasteiger partial charge in [0, 0.05) is 29.8 Å². The van der Waals surface area contributed by atoms with Gasteiger partial charge in [0.25, 0.3) is 5.91 Å².